The van der Waals surface area contributed by atoms with Crippen LogP contribution in [0.5, 0.6) is 23.0 Å². The molecule has 0 saturated heterocycles. The Labute approximate surface area is 163 Å². The predicted octanol–water partition coefficient (Wildman–Crippen LogP) is 4.14. The molecule has 0 saturated carbocycles. The van der Waals surface area contributed by atoms with E-state index in [2.05, 4.69) is 0 Å². The zero-order chi connectivity index (χ0) is 19.6. The van der Waals surface area contributed by atoms with Gasteiger partial charge in [0.15, 0.2) is 23.0 Å². The van der Waals surface area contributed by atoms with Gasteiger partial charge in [-0.2, -0.15) is 0 Å². The molecule has 0 unspecified atom stereocenters. The zero-order valence-corrected chi connectivity index (χ0v) is 16.5. The van der Waals surface area contributed by atoms with E-state index in [0.29, 0.717) is 40.1 Å². The van der Waals surface area contributed by atoms with Crippen LogP contribution in [0.1, 0.15) is 29.8 Å². The smallest absolute Gasteiger partial charge is 0.254 e. The van der Waals surface area contributed by atoms with E-state index in [1.807, 2.05) is 32.0 Å². The number of amides is 1. The molecule has 0 bridgehead atoms. The van der Waals surface area contributed by atoms with E-state index >= 15 is 0 Å². The Bertz CT molecular complexity index is 853. The van der Waals surface area contributed by atoms with Crippen LogP contribution >= 0.6 is 11.6 Å². The van der Waals surface area contributed by atoms with Gasteiger partial charge >= 0.3 is 0 Å². The van der Waals surface area contributed by atoms with Gasteiger partial charge < -0.3 is 23.8 Å². The SMILES string of the molecule is COc1cc(C(=O)N(C)Cc2ccc3c(c2)OCO3)cc(Cl)c1OC(C)C. The van der Waals surface area contributed by atoms with Crippen molar-refractivity contribution in [3.8, 4) is 23.0 Å². The normalized spacial score (nSPS) is 12.2. The minimum atomic E-state index is -0.177. The first kappa shape index (κ1) is 19.2. The summed E-state index contributed by atoms with van der Waals surface area (Å²) in [5.41, 5.74) is 1.36. The van der Waals surface area contributed by atoms with E-state index in [4.69, 9.17) is 30.5 Å². The number of benzene rings is 2. The molecule has 27 heavy (non-hydrogen) atoms. The summed E-state index contributed by atoms with van der Waals surface area (Å²) in [5.74, 6) is 2.09. The number of nitrogens with zero attached hydrogens (tertiary/aromatic N) is 1. The second-order valence-corrected chi connectivity index (χ2v) is 6.91. The summed E-state index contributed by atoms with van der Waals surface area (Å²) in [7, 11) is 3.25. The molecule has 0 radical (unpaired) electrons. The maximum atomic E-state index is 12.9. The second-order valence-electron chi connectivity index (χ2n) is 6.50. The van der Waals surface area contributed by atoms with Gasteiger partial charge in [0, 0.05) is 19.2 Å². The highest BCUT2D eigenvalue weighted by Crippen LogP contribution is 2.37. The number of halogens is 1. The molecule has 7 heteroatoms. The Balaban J connectivity index is 1.79. The van der Waals surface area contributed by atoms with E-state index < -0.39 is 0 Å². The van der Waals surface area contributed by atoms with Crippen molar-refractivity contribution in [3.05, 3.63) is 46.5 Å². The standard InChI is InChI=1S/C20H22ClNO5/c1-12(2)27-19-15(21)8-14(9-18(19)24-4)20(23)22(3)10-13-5-6-16-17(7-13)26-11-25-16/h5-9,12H,10-11H2,1-4H3. The van der Waals surface area contributed by atoms with Crippen molar-refractivity contribution in [2.75, 3.05) is 21.0 Å². The molecule has 2 aromatic carbocycles. The highest BCUT2D eigenvalue weighted by molar-refractivity contribution is 6.32. The molecule has 3 rings (SSSR count). The zero-order valence-electron chi connectivity index (χ0n) is 15.7. The van der Waals surface area contributed by atoms with Crippen LogP contribution < -0.4 is 18.9 Å². The summed E-state index contributed by atoms with van der Waals surface area (Å²) in [5, 5.41) is 0.336. The second kappa shape index (κ2) is 7.96. The van der Waals surface area contributed by atoms with Crippen molar-refractivity contribution < 1.29 is 23.7 Å². The first-order valence-corrected chi connectivity index (χ1v) is 8.95. The van der Waals surface area contributed by atoms with E-state index in [1.54, 1.807) is 24.1 Å². The van der Waals surface area contributed by atoms with Gasteiger partial charge in [-0.05, 0) is 43.7 Å². The largest absolute Gasteiger partial charge is 0.493 e. The van der Waals surface area contributed by atoms with Gasteiger partial charge in [-0.25, -0.2) is 0 Å². The summed E-state index contributed by atoms with van der Waals surface area (Å²) in [4.78, 5) is 14.5. The number of carbonyl (C=O) groups excluding carboxylic acids is 1. The van der Waals surface area contributed by atoms with E-state index in [0.717, 1.165) is 5.56 Å². The number of ether oxygens (including phenoxy) is 4. The molecule has 1 amide bonds. The van der Waals surface area contributed by atoms with Crippen molar-refractivity contribution in [2.45, 2.75) is 26.5 Å². The Morgan fingerprint density at radius 2 is 1.96 bits per heavy atom. The molecule has 1 aliphatic rings. The highest BCUT2D eigenvalue weighted by atomic mass is 35.5. The molecule has 0 N–H and O–H groups in total. The Morgan fingerprint density at radius 3 is 2.67 bits per heavy atom. The van der Waals surface area contributed by atoms with Gasteiger partial charge in [0.25, 0.3) is 5.91 Å². The van der Waals surface area contributed by atoms with Crippen LogP contribution in [0.2, 0.25) is 5.02 Å². The molecule has 0 fully saturated rings. The van der Waals surface area contributed by atoms with Crippen LogP contribution in [0, 0.1) is 0 Å². The topological polar surface area (TPSA) is 57.2 Å². The van der Waals surface area contributed by atoms with Crippen molar-refractivity contribution in [1.29, 1.82) is 0 Å². The predicted molar refractivity (Wildman–Crippen MR) is 102 cm³/mol. The van der Waals surface area contributed by atoms with Gasteiger partial charge in [0.2, 0.25) is 6.79 Å². The van der Waals surface area contributed by atoms with Gasteiger partial charge in [-0.1, -0.05) is 17.7 Å². The highest BCUT2D eigenvalue weighted by Gasteiger charge is 2.20. The molecular formula is C20H22ClNO5. The lowest BCUT2D eigenvalue weighted by Gasteiger charge is -2.20. The number of fused-ring (bicyclic) bond motifs is 1. The van der Waals surface area contributed by atoms with Crippen LogP contribution in [0.15, 0.2) is 30.3 Å². The Hall–Kier alpha value is -2.60. The molecule has 2 aromatic rings. The molecule has 144 valence electrons. The lowest BCUT2D eigenvalue weighted by atomic mass is 10.1. The summed E-state index contributed by atoms with van der Waals surface area (Å²) in [6, 6.07) is 8.86. The first-order valence-electron chi connectivity index (χ1n) is 8.57. The fraction of sp³-hybridized carbons (Fsp3) is 0.350. The summed E-state index contributed by atoms with van der Waals surface area (Å²) < 4.78 is 21.7. The number of carbonyl (C=O) groups is 1. The molecule has 0 aliphatic carbocycles. The third-order valence-electron chi connectivity index (χ3n) is 4.03. The third kappa shape index (κ3) is 4.22. The van der Waals surface area contributed by atoms with Crippen molar-refractivity contribution in [2.24, 2.45) is 0 Å². The number of hydrogen-bond acceptors (Lipinski definition) is 5. The molecule has 0 atom stereocenters. The lowest BCUT2D eigenvalue weighted by molar-refractivity contribution is 0.0784. The first-order chi connectivity index (χ1) is 12.9. The quantitative estimate of drug-likeness (QED) is 0.740. The minimum absolute atomic E-state index is 0.0633. The summed E-state index contributed by atoms with van der Waals surface area (Å²) >= 11 is 6.32. The monoisotopic (exact) mass is 391 g/mol. The maximum Gasteiger partial charge on any atom is 0.254 e. The van der Waals surface area contributed by atoms with Gasteiger partial charge in [-0.15, -0.1) is 0 Å². The molecule has 1 heterocycles. The summed E-state index contributed by atoms with van der Waals surface area (Å²) in [6.07, 6.45) is -0.0633. The van der Waals surface area contributed by atoms with Crippen molar-refractivity contribution >= 4 is 17.5 Å². The number of rotatable bonds is 6. The van der Waals surface area contributed by atoms with E-state index in [1.165, 1.54) is 7.11 Å². The summed E-state index contributed by atoms with van der Waals surface area (Å²) in [6.45, 7) is 4.43. The molecule has 1 aliphatic heterocycles. The fourth-order valence-corrected chi connectivity index (χ4v) is 3.05. The average molecular weight is 392 g/mol. The molecular weight excluding hydrogens is 370 g/mol. The van der Waals surface area contributed by atoms with Crippen LogP contribution in [-0.4, -0.2) is 37.9 Å². The van der Waals surface area contributed by atoms with Crippen molar-refractivity contribution in [3.63, 3.8) is 0 Å². The maximum absolute atomic E-state index is 12.9. The number of hydrogen-bond donors (Lipinski definition) is 0. The molecule has 0 spiro atoms. The third-order valence-corrected chi connectivity index (χ3v) is 4.31. The lowest BCUT2D eigenvalue weighted by Crippen LogP contribution is -2.26. The van der Waals surface area contributed by atoms with Gasteiger partial charge in [0.05, 0.1) is 18.2 Å². The van der Waals surface area contributed by atoms with Crippen molar-refractivity contribution in [1.82, 2.24) is 4.90 Å². The minimum Gasteiger partial charge on any atom is -0.493 e. The van der Waals surface area contributed by atoms with E-state index in [9.17, 15) is 4.79 Å². The van der Waals surface area contributed by atoms with Crippen LogP contribution in [0.25, 0.3) is 0 Å². The van der Waals surface area contributed by atoms with Gasteiger partial charge in [0.1, 0.15) is 0 Å². The van der Waals surface area contributed by atoms with Crippen LogP contribution in [0.3, 0.4) is 0 Å². The fourth-order valence-electron chi connectivity index (χ4n) is 2.80. The van der Waals surface area contributed by atoms with Crippen LogP contribution in [-0.2, 0) is 6.54 Å². The van der Waals surface area contributed by atoms with E-state index in [-0.39, 0.29) is 18.8 Å². The van der Waals surface area contributed by atoms with Gasteiger partial charge in [-0.3, -0.25) is 4.79 Å². The Morgan fingerprint density at radius 1 is 1.22 bits per heavy atom. The molecule has 6 nitrogen and oxygen atoms in total. The average Bonchev–Trinajstić information content (AvgIpc) is 3.10. The number of methoxy groups -OCH3 is 1. The van der Waals surface area contributed by atoms with Crippen LogP contribution in [0.4, 0.5) is 0 Å². The Kier molecular flexibility index (Phi) is 5.65. The molecule has 0 aromatic heterocycles.